The van der Waals surface area contributed by atoms with Crippen LogP contribution in [0.1, 0.15) is 13.8 Å². The summed E-state index contributed by atoms with van der Waals surface area (Å²) in [6.07, 6.45) is 0.0551. The molecule has 0 fully saturated rings. The summed E-state index contributed by atoms with van der Waals surface area (Å²) >= 11 is 0. The second kappa shape index (κ2) is 8.40. The molecular weight excluding hydrogens is 174 g/mol. The van der Waals surface area contributed by atoms with E-state index in [4.69, 9.17) is 9.78 Å². The molecule has 0 aliphatic carbocycles. The molecule has 1 N–H and O–H groups in total. The van der Waals surface area contributed by atoms with Crippen molar-refractivity contribution >= 4 is 0 Å². The molecule has 0 aromatic heterocycles. The van der Waals surface area contributed by atoms with Crippen molar-refractivity contribution in [2.24, 2.45) is 0 Å². The Kier molecular flexibility index (Phi) is 8.27. The molecule has 0 aliphatic rings. The highest BCUT2D eigenvalue weighted by atomic mass is 17.2. The van der Waals surface area contributed by atoms with Crippen molar-refractivity contribution in [1.29, 1.82) is 0 Å². The van der Waals surface area contributed by atoms with E-state index < -0.39 is 0 Å². The smallest absolute Gasteiger partial charge is 0.103 e. The maximum absolute atomic E-state index is 4.85. The van der Waals surface area contributed by atoms with Crippen LogP contribution in [-0.4, -0.2) is 39.5 Å². The first kappa shape index (κ1) is 12.8. The maximum atomic E-state index is 4.85. The van der Waals surface area contributed by atoms with Crippen LogP contribution in [0.25, 0.3) is 0 Å². The number of hydrogen-bond donors (Lipinski definition) is 1. The van der Waals surface area contributed by atoms with Gasteiger partial charge in [0.15, 0.2) is 0 Å². The number of hydrogen-bond acceptors (Lipinski definition) is 5. The minimum absolute atomic E-state index is 0.0275. The molecule has 0 aliphatic heterocycles. The second-order valence-corrected chi connectivity index (χ2v) is 2.81. The van der Waals surface area contributed by atoms with Gasteiger partial charge in [0.25, 0.3) is 0 Å². The Morgan fingerprint density at radius 1 is 0.923 bits per heavy atom. The third-order valence-electron chi connectivity index (χ3n) is 1.38. The molecule has 0 radical (unpaired) electrons. The fraction of sp³-hybridized carbons (Fsp3) is 1.00. The predicted molar refractivity (Wildman–Crippen MR) is 48.0 cm³/mol. The molecule has 5 nitrogen and oxygen atoms in total. The average Bonchev–Trinajstić information content (AvgIpc) is 2.05. The first-order valence-electron chi connectivity index (χ1n) is 4.30. The van der Waals surface area contributed by atoms with Gasteiger partial charge in [-0.1, -0.05) is 0 Å². The van der Waals surface area contributed by atoms with E-state index in [1.807, 2.05) is 13.8 Å². The Hall–Kier alpha value is -0.200. The van der Waals surface area contributed by atoms with Crippen LogP contribution in [0, 0.1) is 0 Å². The third kappa shape index (κ3) is 8.14. The molecular formula is C8H19NO4. The van der Waals surface area contributed by atoms with E-state index in [9.17, 15) is 0 Å². The van der Waals surface area contributed by atoms with Gasteiger partial charge in [0, 0.05) is 13.1 Å². The highest BCUT2D eigenvalue weighted by Gasteiger charge is 2.04. The van der Waals surface area contributed by atoms with E-state index in [0.717, 1.165) is 0 Å². The SMILES string of the molecule is COOC(C)CNCC(C)OOC. The van der Waals surface area contributed by atoms with Crippen molar-refractivity contribution in [3.8, 4) is 0 Å². The molecule has 0 aromatic rings. The first-order valence-corrected chi connectivity index (χ1v) is 4.30. The normalized spacial score (nSPS) is 15.7. The molecule has 0 bridgehead atoms. The van der Waals surface area contributed by atoms with Gasteiger partial charge in [0.1, 0.15) is 12.2 Å². The highest BCUT2D eigenvalue weighted by Crippen LogP contribution is 1.90. The summed E-state index contributed by atoms with van der Waals surface area (Å²) in [5.41, 5.74) is 0. The van der Waals surface area contributed by atoms with Gasteiger partial charge in [-0.05, 0) is 13.8 Å². The molecule has 0 saturated heterocycles. The van der Waals surface area contributed by atoms with Gasteiger partial charge < -0.3 is 5.32 Å². The molecule has 0 spiro atoms. The summed E-state index contributed by atoms with van der Waals surface area (Å²) < 4.78 is 0. The fourth-order valence-corrected chi connectivity index (χ4v) is 0.886. The molecule has 0 amide bonds. The van der Waals surface area contributed by atoms with Crippen molar-refractivity contribution < 1.29 is 19.6 Å². The van der Waals surface area contributed by atoms with Crippen molar-refractivity contribution in [3.63, 3.8) is 0 Å². The lowest BCUT2D eigenvalue weighted by Gasteiger charge is -2.14. The summed E-state index contributed by atoms with van der Waals surface area (Å²) in [6, 6.07) is 0. The number of rotatable bonds is 8. The van der Waals surface area contributed by atoms with Gasteiger partial charge in [-0.15, -0.1) is 0 Å². The molecule has 13 heavy (non-hydrogen) atoms. The van der Waals surface area contributed by atoms with Gasteiger partial charge >= 0.3 is 0 Å². The largest absolute Gasteiger partial charge is 0.311 e. The van der Waals surface area contributed by atoms with Crippen molar-refractivity contribution in [3.05, 3.63) is 0 Å². The maximum Gasteiger partial charge on any atom is 0.103 e. The first-order chi connectivity index (χ1) is 6.20. The molecule has 0 aromatic carbocycles. The minimum atomic E-state index is 0.0275. The zero-order chi connectivity index (χ0) is 10.1. The fourth-order valence-electron chi connectivity index (χ4n) is 0.886. The van der Waals surface area contributed by atoms with E-state index in [-0.39, 0.29) is 12.2 Å². The Morgan fingerprint density at radius 3 is 1.62 bits per heavy atom. The van der Waals surface area contributed by atoms with Gasteiger partial charge in [0.05, 0.1) is 14.2 Å². The lowest BCUT2D eigenvalue weighted by atomic mass is 10.3. The summed E-state index contributed by atoms with van der Waals surface area (Å²) in [7, 11) is 2.99. The van der Waals surface area contributed by atoms with Crippen molar-refractivity contribution in [2.75, 3.05) is 27.3 Å². The minimum Gasteiger partial charge on any atom is -0.311 e. The summed E-state index contributed by atoms with van der Waals surface area (Å²) in [4.78, 5) is 18.7. The number of nitrogens with one attached hydrogen (secondary N) is 1. The molecule has 0 saturated carbocycles. The van der Waals surface area contributed by atoms with Crippen molar-refractivity contribution in [1.82, 2.24) is 5.32 Å². The quantitative estimate of drug-likeness (QED) is 0.449. The molecule has 5 heteroatoms. The van der Waals surface area contributed by atoms with E-state index in [0.29, 0.717) is 13.1 Å². The van der Waals surface area contributed by atoms with Crippen molar-refractivity contribution in [2.45, 2.75) is 26.1 Å². The third-order valence-corrected chi connectivity index (χ3v) is 1.38. The summed E-state index contributed by atoms with van der Waals surface area (Å²) in [6.45, 7) is 5.26. The standard InChI is InChI=1S/C8H19NO4/c1-7(12-10-3)5-9-6-8(2)13-11-4/h7-9H,5-6H2,1-4H3. The average molecular weight is 193 g/mol. The van der Waals surface area contributed by atoms with Crippen LogP contribution >= 0.6 is 0 Å². The van der Waals surface area contributed by atoms with Gasteiger partial charge in [-0.2, -0.15) is 0 Å². The molecule has 0 heterocycles. The lowest BCUT2D eigenvalue weighted by molar-refractivity contribution is -0.303. The molecule has 2 unspecified atom stereocenters. The monoisotopic (exact) mass is 193 g/mol. The van der Waals surface area contributed by atoms with Crippen LogP contribution in [0.15, 0.2) is 0 Å². The van der Waals surface area contributed by atoms with Crippen LogP contribution in [0.4, 0.5) is 0 Å². The lowest BCUT2D eigenvalue weighted by Crippen LogP contribution is -2.33. The van der Waals surface area contributed by atoms with E-state index in [1.54, 1.807) is 0 Å². The van der Waals surface area contributed by atoms with E-state index in [2.05, 4.69) is 15.1 Å². The van der Waals surface area contributed by atoms with Crippen LogP contribution in [0.5, 0.6) is 0 Å². The van der Waals surface area contributed by atoms with E-state index >= 15 is 0 Å². The zero-order valence-electron chi connectivity index (χ0n) is 8.70. The zero-order valence-corrected chi connectivity index (χ0v) is 8.70. The van der Waals surface area contributed by atoms with Crippen LogP contribution in [0.2, 0.25) is 0 Å². The summed E-state index contributed by atoms with van der Waals surface area (Å²) in [5.74, 6) is 0. The van der Waals surface area contributed by atoms with Gasteiger partial charge in [0.2, 0.25) is 0 Å². The Bertz CT molecular complexity index is 100. The van der Waals surface area contributed by atoms with Crippen LogP contribution in [-0.2, 0) is 19.6 Å². The molecule has 0 rings (SSSR count). The molecule has 2 atom stereocenters. The molecule has 80 valence electrons. The topological polar surface area (TPSA) is 49.0 Å². The Morgan fingerprint density at radius 2 is 1.31 bits per heavy atom. The Labute approximate surface area is 79.2 Å². The van der Waals surface area contributed by atoms with Crippen LogP contribution < -0.4 is 5.32 Å². The van der Waals surface area contributed by atoms with Gasteiger partial charge in [-0.25, -0.2) is 19.6 Å². The predicted octanol–water partition coefficient (Wildman–Crippen LogP) is 0.509. The second-order valence-electron chi connectivity index (χ2n) is 2.81. The van der Waals surface area contributed by atoms with Gasteiger partial charge in [-0.3, -0.25) is 0 Å². The Balaban J connectivity index is 3.23. The van der Waals surface area contributed by atoms with Crippen LogP contribution in [0.3, 0.4) is 0 Å². The highest BCUT2D eigenvalue weighted by molar-refractivity contribution is 4.57. The van der Waals surface area contributed by atoms with E-state index in [1.165, 1.54) is 14.2 Å². The summed E-state index contributed by atoms with van der Waals surface area (Å²) in [5, 5.41) is 3.14.